The number of halogens is 1. The van der Waals surface area contributed by atoms with Gasteiger partial charge >= 0.3 is 5.97 Å². The van der Waals surface area contributed by atoms with E-state index in [1.807, 2.05) is 0 Å². The molecule has 1 aromatic heterocycles. The van der Waals surface area contributed by atoms with Crippen LogP contribution in [0.15, 0.2) is 47.4 Å². The number of H-pyrrole nitrogens is 1. The highest BCUT2D eigenvalue weighted by atomic mass is 32.2. The highest BCUT2D eigenvalue weighted by molar-refractivity contribution is 7.85. The lowest BCUT2D eigenvalue weighted by molar-refractivity contribution is 0.0691. The Bertz CT molecular complexity index is 1060. The van der Waals surface area contributed by atoms with E-state index in [9.17, 15) is 17.6 Å². The zero-order valence-electron chi connectivity index (χ0n) is 13.4. The molecule has 0 aliphatic rings. The second-order valence-electron chi connectivity index (χ2n) is 5.10. The van der Waals surface area contributed by atoms with Crippen LogP contribution in [0.4, 0.5) is 10.1 Å². The minimum absolute atomic E-state index is 0.0700. The van der Waals surface area contributed by atoms with Crippen LogP contribution < -0.4 is 10.5 Å². The number of hydrogen-bond donors (Lipinski definition) is 4. The number of carboxylic acids is 1. The molecule has 0 saturated heterocycles. The van der Waals surface area contributed by atoms with Gasteiger partial charge in [-0.25, -0.2) is 9.18 Å². The summed E-state index contributed by atoms with van der Waals surface area (Å²) in [4.78, 5) is 12.9. The molecule has 0 aliphatic carbocycles. The minimum atomic E-state index is -4.19. The lowest BCUT2D eigenvalue weighted by Gasteiger charge is -2.04. The minimum Gasteiger partial charge on any atom is -0.495 e. The first-order chi connectivity index (χ1) is 12.1. The Kier molecular flexibility index (Phi) is 5.48. The number of carboxylic acid groups (broad SMARTS) is 1. The Morgan fingerprint density at radius 2 is 1.88 bits per heavy atom. The third-order valence-corrected chi connectivity index (χ3v) is 4.17. The summed E-state index contributed by atoms with van der Waals surface area (Å²) < 4.78 is 47.5. The van der Waals surface area contributed by atoms with Gasteiger partial charge in [0.2, 0.25) is 0 Å². The zero-order valence-corrected chi connectivity index (χ0v) is 14.2. The molecule has 0 saturated carbocycles. The molecule has 5 N–H and O–H groups in total. The molecular formula is C16H15FN2O6S. The van der Waals surface area contributed by atoms with Gasteiger partial charge in [0, 0.05) is 17.0 Å². The summed E-state index contributed by atoms with van der Waals surface area (Å²) in [6.45, 7) is 0. The molecule has 138 valence electrons. The molecule has 0 bridgehead atoms. The monoisotopic (exact) mass is 382 g/mol. The first kappa shape index (κ1) is 19.2. The number of rotatable bonds is 3. The quantitative estimate of drug-likeness (QED) is 0.402. The Balaban J connectivity index is 0.000000187. The largest absolute Gasteiger partial charge is 0.495 e. The fourth-order valence-electron chi connectivity index (χ4n) is 2.07. The van der Waals surface area contributed by atoms with Crippen molar-refractivity contribution in [1.29, 1.82) is 0 Å². The number of methoxy groups -OCH3 is 1. The summed E-state index contributed by atoms with van der Waals surface area (Å²) >= 11 is 0. The fraction of sp³-hybridized carbons (Fsp3) is 0.0625. The number of fused-ring (bicyclic) bond motifs is 1. The number of aromatic carboxylic acids is 1. The number of benzene rings is 2. The molecule has 0 amide bonds. The van der Waals surface area contributed by atoms with Crippen LogP contribution in [0.3, 0.4) is 0 Å². The van der Waals surface area contributed by atoms with E-state index < -0.39 is 16.1 Å². The van der Waals surface area contributed by atoms with E-state index in [1.54, 1.807) is 0 Å². The van der Waals surface area contributed by atoms with E-state index in [-0.39, 0.29) is 22.2 Å². The molecule has 0 unspecified atom stereocenters. The smallest absolute Gasteiger partial charge is 0.352 e. The van der Waals surface area contributed by atoms with Gasteiger partial charge in [-0.1, -0.05) is 0 Å². The van der Waals surface area contributed by atoms with Crippen molar-refractivity contribution in [3.05, 3.63) is 54.0 Å². The third-order valence-electron chi connectivity index (χ3n) is 3.32. The van der Waals surface area contributed by atoms with Gasteiger partial charge in [0.05, 0.1) is 17.7 Å². The highest BCUT2D eigenvalue weighted by Gasteiger charge is 2.11. The number of carbonyl (C=O) groups is 1. The summed E-state index contributed by atoms with van der Waals surface area (Å²) in [6, 6.07) is 9.19. The van der Waals surface area contributed by atoms with Gasteiger partial charge in [0.25, 0.3) is 10.1 Å². The van der Waals surface area contributed by atoms with E-state index in [2.05, 4.69) is 4.98 Å². The normalized spacial score (nSPS) is 10.9. The van der Waals surface area contributed by atoms with Crippen molar-refractivity contribution < 1.29 is 32.0 Å². The van der Waals surface area contributed by atoms with Crippen LogP contribution in [0.1, 0.15) is 10.5 Å². The van der Waals surface area contributed by atoms with E-state index in [1.165, 1.54) is 43.5 Å². The van der Waals surface area contributed by atoms with Crippen molar-refractivity contribution in [2.45, 2.75) is 4.90 Å². The molecule has 8 nitrogen and oxygen atoms in total. The number of aromatic amines is 1. The number of nitrogens with two attached hydrogens (primary N) is 1. The van der Waals surface area contributed by atoms with Crippen molar-refractivity contribution in [3.63, 3.8) is 0 Å². The summed E-state index contributed by atoms with van der Waals surface area (Å²) in [6.07, 6.45) is 0. The van der Waals surface area contributed by atoms with Crippen molar-refractivity contribution >= 4 is 32.7 Å². The highest BCUT2D eigenvalue weighted by Crippen LogP contribution is 2.24. The van der Waals surface area contributed by atoms with Crippen molar-refractivity contribution in [1.82, 2.24) is 4.98 Å². The maximum Gasteiger partial charge on any atom is 0.352 e. The van der Waals surface area contributed by atoms with Crippen molar-refractivity contribution in [2.24, 2.45) is 0 Å². The molecule has 0 aliphatic heterocycles. The number of nitrogen functional groups attached to an aromatic ring is 1. The van der Waals surface area contributed by atoms with E-state index in [0.717, 1.165) is 6.07 Å². The molecule has 26 heavy (non-hydrogen) atoms. The molecule has 2 aromatic carbocycles. The molecule has 0 radical (unpaired) electrons. The average molecular weight is 382 g/mol. The Hall–Kier alpha value is -3.11. The lowest BCUT2D eigenvalue weighted by Crippen LogP contribution is -2.00. The summed E-state index contributed by atoms with van der Waals surface area (Å²) in [5.74, 6) is -1.20. The number of anilines is 1. The Morgan fingerprint density at radius 1 is 1.19 bits per heavy atom. The van der Waals surface area contributed by atoms with Crippen LogP contribution in [-0.2, 0) is 10.1 Å². The van der Waals surface area contributed by atoms with E-state index in [4.69, 9.17) is 20.1 Å². The van der Waals surface area contributed by atoms with Gasteiger partial charge in [0.15, 0.2) is 0 Å². The van der Waals surface area contributed by atoms with Gasteiger partial charge in [-0.3, -0.25) is 4.55 Å². The zero-order chi connectivity index (χ0) is 19.5. The molecular weight excluding hydrogens is 367 g/mol. The fourth-order valence-corrected chi connectivity index (χ4v) is 2.57. The van der Waals surface area contributed by atoms with Gasteiger partial charge in [-0.2, -0.15) is 8.42 Å². The number of ether oxygens (including phenoxy) is 1. The predicted molar refractivity (Wildman–Crippen MR) is 92.4 cm³/mol. The predicted octanol–water partition coefficient (Wildman–Crippen LogP) is 2.53. The third kappa shape index (κ3) is 4.49. The molecule has 10 heteroatoms. The molecule has 0 atom stereocenters. The number of aromatic nitrogens is 1. The molecule has 3 rings (SSSR count). The van der Waals surface area contributed by atoms with Gasteiger partial charge in [-0.15, -0.1) is 0 Å². The molecule has 1 heterocycles. The van der Waals surface area contributed by atoms with Crippen molar-refractivity contribution in [2.75, 3.05) is 12.8 Å². The van der Waals surface area contributed by atoms with Gasteiger partial charge in [0.1, 0.15) is 17.3 Å². The van der Waals surface area contributed by atoms with Crippen LogP contribution >= 0.6 is 0 Å². The SMILES string of the molecule is COc1cc(S(=O)(=O)O)ccc1N.O=C(O)c1cc2cc(F)ccc2[nH]1. The molecule has 3 aromatic rings. The lowest BCUT2D eigenvalue weighted by atomic mass is 10.2. The number of nitrogens with one attached hydrogen (secondary N) is 1. The topological polar surface area (TPSA) is 143 Å². The maximum atomic E-state index is 12.7. The van der Waals surface area contributed by atoms with Gasteiger partial charge in [-0.05, 0) is 36.4 Å². The van der Waals surface area contributed by atoms with Crippen LogP contribution in [0.5, 0.6) is 5.75 Å². The summed E-state index contributed by atoms with van der Waals surface area (Å²) in [5, 5.41) is 9.20. The summed E-state index contributed by atoms with van der Waals surface area (Å²) in [7, 11) is -2.83. The van der Waals surface area contributed by atoms with E-state index >= 15 is 0 Å². The second kappa shape index (κ2) is 7.42. The average Bonchev–Trinajstić information content (AvgIpc) is 2.98. The standard InChI is InChI=1S/C9H6FNO2.C7H9NO4S/c10-6-1-2-7-5(3-6)4-8(11-7)9(12)13;1-12-7-4-5(13(9,10)11)2-3-6(7)8/h1-4,11H,(H,12,13);2-4H,8H2,1H3,(H,9,10,11). The van der Waals surface area contributed by atoms with E-state index in [0.29, 0.717) is 16.6 Å². The second-order valence-corrected chi connectivity index (χ2v) is 6.52. The van der Waals surface area contributed by atoms with Gasteiger partial charge < -0.3 is 20.6 Å². The van der Waals surface area contributed by atoms with Crippen LogP contribution in [-0.4, -0.2) is 36.1 Å². The summed E-state index contributed by atoms with van der Waals surface area (Å²) in [5.41, 5.74) is 6.45. The van der Waals surface area contributed by atoms with Crippen molar-refractivity contribution in [3.8, 4) is 5.75 Å². The molecule has 0 spiro atoms. The van der Waals surface area contributed by atoms with Crippen LogP contribution in [0.25, 0.3) is 10.9 Å². The Morgan fingerprint density at radius 3 is 2.46 bits per heavy atom. The van der Waals surface area contributed by atoms with Crippen LogP contribution in [0.2, 0.25) is 0 Å². The number of hydrogen-bond acceptors (Lipinski definition) is 5. The molecule has 0 fully saturated rings. The van der Waals surface area contributed by atoms with Crippen LogP contribution in [0, 0.1) is 5.82 Å². The first-order valence-corrected chi connectivity index (χ1v) is 8.48. The maximum absolute atomic E-state index is 12.7. The first-order valence-electron chi connectivity index (χ1n) is 7.04. The Labute approximate surface area is 147 Å².